The molecule has 2 unspecified atom stereocenters. The molecule has 8 heteroatoms. The van der Waals surface area contributed by atoms with E-state index in [0.29, 0.717) is 42.3 Å². The molecule has 0 aromatic heterocycles. The van der Waals surface area contributed by atoms with E-state index in [9.17, 15) is 19.4 Å². The first-order valence-electron chi connectivity index (χ1n) is 11.6. The highest BCUT2D eigenvalue weighted by atomic mass is 35.5. The molecule has 6 nitrogen and oxygen atoms in total. The second-order valence-corrected chi connectivity index (χ2v) is 9.69. The number of benzene rings is 3. The number of carbonyl (C=O) groups excluding carboxylic acids is 1. The van der Waals surface area contributed by atoms with Crippen LogP contribution in [-0.4, -0.2) is 40.5 Å². The highest BCUT2D eigenvalue weighted by Gasteiger charge is 2.62. The fraction of sp³-hybridized carbons (Fsp3) is 0.296. The van der Waals surface area contributed by atoms with E-state index < -0.39 is 11.8 Å². The summed E-state index contributed by atoms with van der Waals surface area (Å²) in [6.07, 6.45) is 0.159. The number of piperidine rings is 1. The van der Waals surface area contributed by atoms with Gasteiger partial charge in [0.1, 0.15) is 11.6 Å². The van der Waals surface area contributed by atoms with Crippen molar-refractivity contribution >= 4 is 28.9 Å². The lowest BCUT2D eigenvalue weighted by Crippen LogP contribution is -2.67. The number of phenolic OH excluding ortho intramolecular Hbond substituents is 1. The Hall–Kier alpha value is -3.13. The number of nitrogens with one attached hydrogen (secondary N) is 1. The number of hydrogen-bond donors (Lipinski definition) is 3. The minimum absolute atomic E-state index is 0.00812. The van der Waals surface area contributed by atoms with Crippen molar-refractivity contribution in [2.24, 2.45) is 5.41 Å². The molecule has 3 aromatic rings. The van der Waals surface area contributed by atoms with Crippen LogP contribution < -0.4 is 10.2 Å². The number of amides is 1. The molecule has 2 aliphatic heterocycles. The summed E-state index contributed by atoms with van der Waals surface area (Å²) < 4.78 is 13.5. The van der Waals surface area contributed by atoms with Crippen LogP contribution in [0.4, 0.5) is 15.8 Å². The first-order valence-corrected chi connectivity index (χ1v) is 12.0. The van der Waals surface area contributed by atoms with Crippen LogP contribution in [0.25, 0.3) is 0 Å². The van der Waals surface area contributed by atoms with E-state index in [2.05, 4.69) is 5.32 Å². The summed E-state index contributed by atoms with van der Waals surface area (Å²) in [7, 11) is 0. The zero-order valence-electron chi connectivity index (χ0n) is 19.3. The van der Waals surface area contributed by atoms with Gasteiger partial charge in [-0.25, -0.2) is 4.39 Å². The molecule has 35 heavy (non-hydrogen) atoms. The van der Waals surface area contributed by atoms with E-state index in [4.69, 9.17) is 11.6 Å². The van der Waals surface area contributed by atoms with Crippen LogP contribution in [0.5, 0.6) is 5.75 Å². The number of hydrogen-bond acceptors (Lipinski definition) is 5. The van der Waals surface area contributed by atoms with Gasteiger partial charge < -0.3 is 20.4 Å². The van der Waals surface area contributed by atoms with E-state index in [-0.39, 0.29) is 23.5 Å². The number of aliphatic hydroxyl groups is 1. The monoisotopic (exact) mass is 495 g/mol. The van der Waals surface area contributed by atoms with Gasteiger partial charge in [-0.15, -0.1) is 0 Å². The molecule has 2 aliphatic rings. The van der Waals surface area contributed by atoms with Crippen LogP contribution in [0.15, 0.2) is 66.7 Å². The van der Waals surface area contributed by atoms with E-state index in [1.807, 2.05) is 36.1 Å². The lowest BCUT2D eigenvalue weighted by molar-refractivity contribution is -0.147. The normalized spacial score (nSPS) is 20.5. The lowest BCUT2D eigenvalue weighted by atomic mass is 9.62. The molecule has 1 spiro atoms. The molecule has 0 aliphatic carbocycles. The maximum absolute atomic E-state index is 13.6. The molecule has 0 radical (unpaired) electrons. The molecule has 2 fully saturated rings. The van der Waals surface area contributed by atoms with E-state index in [1.54, 1.807) is 35.2 Å². The summed E-state index contributed by atoms with van der Waals surface area (Å²) in [5, 5.41) is 24.3. The predicted octanol–water partition coefficient (Wildman–Crippen LogP) is 5.05. The predicted molar refractivity (Wildman–Crippen MR) is 134 cm³/mol. The summed E-state index contributed by atoms with van der Waals surface area (Å²) in [5.41, 5.74) is 2.53. The van der Waals surface area contributed by atoms with Gasteiger partial charge in [0.25, 0.3) is 0 Å². The van der Waals surface area contributed by atoms with Crippen LogP contribution in [0.1, 0.15) is 30.0 Å². The molecule has 2 saturated heterocycles. The Kier molecular flexibility index (Phi) is 6.17. The third-order valence-corrected chi connectivity index (χ3v) is 7.59. The highest BCUT2D eigenvalue weighted by molar-refractivity contribution is 6.33. The fourth-order valence-corrected chi connectivity index (χ4v) is 5.61. The number of nitrogens with zero attached hydrogens (tertiary/aromatic N) is 2. The van der Waals surface area contributed by atoms with Gasteiger partial charge in [0.2, 0.25) is 5.91 Å². The molecular formula is C27H27ClFN3O3. The van der Waals surface area contributed by atoms with Gasteiger partial charge in [0, 0.05) is 18.8 Å². The van der Waals surface area contributed by atoms with Crippen molar-refractivity contribution in [2.75, 3.05) is 23.3 Å². The van der Waals surface area contributed by atoms with Crippen LogP contribution in [0.3, 0.4) is 0 Å². The zero-order chi connectivity index (χ0) is 24.7. The number of para-hydroxylation sites is 1. The number of β-lactam (4-membered cyclic amide) rings is 1. The standard InChI is InChI=1S/C27H27ClFN3O3/c1-17-3-2-4-22(28)23(17)30-26(35)31-15-13-27(14-16-31)24(18-5-11-21(33)12-6-18)32(25(27)34)20-9-7-19(29)8-10-20/h2-12,24,26,30,33,35H,13-16H2,1H3. The van der Waals surface area contributed by atoms with E-state index in [1.165, 1.54) is 12.1 Å². The van der Waals surface area contributed by atoms with Crippen LogP contribution >= 0.6 is 11.6 Å². The maximum Gasteiger partial charge on any atom is 0.236 e. The lowest BCUT2D eigenvalue weighted by Gasteiger charge is -2.59. The molecule has 3 aromatic carbocycles. The average molecular weight is 496 g/mol. The number of phenols is 1. The van der Waals surface area contributed by atoms with Crippen molar-refractivity contribution in [1.82, 2.24) is 4.90 Å². The van der Waals surface area contributed by atoms with Crippen LogP contribution in [0, 0.1) is 18.2 Å². The van der Waals surface area contributed by atoms with Gasteiger partial charge in [0.05, 0.1) is 22.2 Å². The Morgan fingerprint density at radius 2 is 1.71 bits per heavy atom. The summed E-state index contributed by atoms with van der Waals surface area (Å²) in [6.45, 7) is 2.94. The minimum atomic E-state index is -0.943. The second-order valence-electron chi connectivity index (χ2n) is 9.29. The van der Waals surface area contributed by atoms with Gasteiger partial charge in [-0.2, -0.15) is 0 Å². The number of likely N-dealkylation sites (tertiary alicyclic amines) is 1. The number of carbonyl (C=O) groups is 1. The Labute approximate surface area is 208 Å². The van der Waals surface area contributed by atoms with Crippen LogP contribution in [-0.2, 0) is 4.79 Å². The maximum atomic E-state index is 13.6. The summed E-state index contributed by atoms with van der Waals surface area (Å²) >= 11 is 6.31. The molecule has 2 heterocycles. The van der Waals surface area contributed by atoms with Crippen molar-refractivity contribution in [1.29, 1.82) is 0 Å². The van der Waals surface area contributed by atoms with E-state index in [0.717, 1.165) is 11.1 Å². The van der Waals surface area contributed by atoms with Crippen molar-refractivity contribution in [3.05, 3.63) is 88.7 Å². The van der Waals surface area contributed by atoms with Gasteiger partial charge in [-0.05, 0) is 73.4 Å². The number of aryl methyl sites for hydroxylation is 1. The summed E-state index contributed by atoms with van der Waals surface area (Å²) in [5.74, 6) is -0.215. The minimum Gasteiger partial charge on any atom is -0.508 e. The third kappa shape index (κ3) is 4.14. The van der Waals surface area contributed by atoms with Crippen molar-refractivity contribution in [2.45, 2.75) is 32.2 Å². The largest absolute Gasteiger partial charge is 0.508 e. The van der Waals surface area contributed by atoms with Crippen molar-refractivity contribution in [3.63, 3.8) is 0 Å². The SMILES string of the molecule is Cc1cccc(Cl)c1NC(O)N1CCC2(CC1)C(=O)N(c1ccc(F)cc1)C2c1ccc(O)cc1. The van der Waals surface area contributed by atoms with Gasteiger partial charge in [-0.3, -0.25) is 9.69 Å². The third-order valence-electron chi connectivity index (χ3n) is 7.27. The van der Waals surface area contributed by atoms with Crippen molar-refractivity contribution < 1.29 is 19.4 Å². The van der Waals surface area contributed by atoms with Gasteiger partial charge in [0.15, 0.2) is 6.35 Å². The highest BCUT2D eigenvalue weighted by Crippen LogP contribution is 2.57. The Morgan fingerprint density at radius 1 is 1.06 bits per heavy atom. The molecule has 0 saturated carbocycles. The number of halogens is 2. The number of rotatable bonds is 5. The Balaban J connectivity index is 1.37. The molecular weight excluding hydrogens is 469 g/mol. The number of anilines is 2. The molecule has 5 rings (SSSR count). The average Bonchev–Trinajstić information content (AvgIpc) is 2.86. The second kappa shape index (κ2) is 9.15. The summed E-state index contributed by atoms with van der Waals surface area (Å²) in [4.78, 5) is 17.2. The van der Waals surface area contributed by atoms with Gasteiger partial charge >= 0.3 is 0 Å². The molecule has 1 amide bonds. The van der Waals surface area contributed by atoms with E-state index >= 15 is 0 Å². The first kappa shape index (κ1) is 23.6. The Morgan fingerprint density at radius 3 is 2.34 bits per heavy atom. The fourth-order valence-electron chi connectivity index (χ4n) is 5.34. The smallest absolute Gasteiger partial charge is 0.236 e. The number of aromatic hydroxyl groups is 1. The molecule has 182 valence electrons. The zero-order valence-corrected chi connectivity index (χ0v) is 20.0. The topological polar surface area (TPSA) is 76.0 Å². The Bertz CT molecular complexity index is 1210. The molecule has 2 atom stereocenters. The molecule has 0 bridgehead atoms. The number of aliphatic hydroxyl groups excluding tert-OH is 1. The first-order chi connectivity index (χ1) is 16.8. The van der Waals surface area contributed by atoms with Crippen LogP contribution in [0.2, 0.25) is 5.02 Å². The van der Waals surface area contributed by atoms with Gasteiger partial charge in [-0.1, -0.05) is 35.9 Å². The summed E-state index contributed by atoms with van der Waals surface area (Å²) in [6, 6.07) is 18.1. The quantitative estimate of drug-likeness (QED) is 0.341. The van der Waals surface area contributed by atoms with Crippen molar-refractivity contribution in [3.8, 4) is 5.75 Å². The molecule has 3 N–H and O–H groups in total.